The summed E-state index contributed by atoms with van der Waals surface area (Å²) in [4.78, 5) is 8.24. The molecular formula is C17H21N3S. The molecule has 1 aromatic carbocycles. The van der Waals surface area contributed by atoms with Gasteiger partial charge in [0.2, 0.25) is 0 Å². The summed E-state index contributed by atoms with van der Waals surface area (Å²) in [5, 5.41) is 3.79. The summed E-state index contributed by atoms with van der Waals surface area (Å²) in [6.07, 6.45) is 4.82. The summed E-state index contributed by atoms with van der Waals surface area (Å²) in [6, 6.07) is 12.1. The Kier molecular flexibility index (Phi) is 3.76. The predicted octanol–water partition coefficient (Wildman–Crippen LogP) is 3.07. The lowest BCUT2D eigenvalue weighted by molar-refractivity contribution is 0.116. The summed E-state index contributed by atoms with van der Waals surface area (Å²) in [7, 11) is 0. The maximum absolute atomic E-state index is 4.23. The molecule has 21 heavy (non-hydrogen) atoms. The van der Waals surface area contributed by atoms with Crippen molar-refractivity contribution >= 4 is 11.3 Å². The molecule has 2 fully saturated rings. The van der Waals surface area contributed by atoms with E-state index in [0.717, 1.165) is 25.6 Å². The molecule has 0 bridgehead atoms. The molecule has 2 heterocycles. The molecule has 4 heteroatoms. The Morgan fingerprint density at radius 1 is 1.24 bits per heavy atom. The van der Waals surface area contributed by atoms with Crippen molar-refractivity contribution in [2.75, 3.05) is 13.1 Å². The predicted molar refractivity (Wildman–Crippen MR) is 86.2 cm³/mol. The van der Waals surface area contributed by atoms with Crippen LogP contribution < -0.4 is 5.32 Å². The molecule has 4 rings (SSSR count). The topological polar surface area (TPSA) is 28.2 Å². The zero-order chi connectivity index (χ0) is 14.1. The fraction of sp³-hybridized carbons (Fsp3) is 0.471. The maximum atomic E-state index is 4.23. The van der Waals surface area contributed by atoms with Gasteiger partial charge < -0.3 is 5.32 Å². The quantitative estimate of drug-likeness (QED) is 0.940. The van der Waals surface area contributed by atoms with E-state index in [4.69, 9.17) is 0 Å². The molecule has 110 valence electrons. The van der Waals surface area contributed by atoms with Gasteiger partial charge >= 0.3 is 0 Å². The molecule has 1 aliphatic heterocycles. The first-order chi connectivity index (χ1) is 10.4. The molecule has 0 radical (unpaired) electrons. The highest BCUT2D eigenvalue weighted by molar-refractivity contribution is 7.09. The van der Waals surface area contributed by atoms with Crippen LogP contribution in [0.2, 0.25) is 0 Å². The second kappa shape index (κ2) is 5.87. The Morgan fingerprint density at radius 3 is 2.81 bits per heavy atom. The van der Waals surface area contributed by atoms with E-state index in [2.05, 4.69) is 45.5 Å². The van der Waals surface area contributed by atoms with Crippen molar-refractivity contribution in [2.24, 2.45) is 5.92 Å². The number of hydrogen-bond donors (Lipinski definition) is 1. The van der Waals surface area contributed by atoms with Gasteiger partial charge in [0.15, 0.2) is 0 Å². The Morgan fingerprint density at radius 2 is 2.10 bits per heavy atom. The highest BCUT2D eigenvalue weighted by atomic mass is 32.1. The zero-order valence-electron chi connectivity index (χ0n) is 12.1. The molecule has 2 aliphatic rings. The van der Waals surface area contributed by atoms with Crippen molar-refractivity contribution in [1.82, 2.24) is 15.2 Å². The summed E-state index contributed by atoms with van der Waals surface area (Å²) >= 11 is 1.77. The third-order valence-corrected chi connectivity index (χ3v) is 5.43. The van der Waals surface area contributed by atoms with Crippen LogP contribution in [0.4, 0.5) is 0 Å². The summed E-state index contributed by atoms with van der Waals surface area (Å²) in [6.45, 7) is 3.24. The van der Waals surface area contributed by atoms with E-state index in [1.807, 2.05) is 11.7 Å². The first-order valence-corrected chi connectivity index (χ1v) is 8.68. The molecule has 2 atom stereocenters. The monoisotopic (exact) mass is 299 g/mol. The molecular weight excluding hydrogens is 278 g/mol. The average Bonchev–Trinajstić information content (AvgIpc) is 3.26. The molecule has 2 unspecified atom stereocenters. The van der Waals surface area contributed by atoms with Crippen LogP contribution in [0.1, 0.15) is 29.3 Å². The lowest BCUT2D eigenvalue weighted by Gasteiger charge is -2.40. The second-order valence-corrected chi connectivity index (χ2v) is 7.15. The molecule has 1 aromatic heterocycles. The van der Waals surface area contributed by atoms with E-state index < -0.39 is 0 Å². The van der Waals surface area contributed by atoms with Crippen LogP contribution in [0, 0.1) is 5.92 Å². The first-order valence-electron chi connectivity index (χ1n) is 7.80. The van der Waals surface area contributed by atoms with E-state index >= 15 is 0 Å². The van der Waals surface area contributed by atoms with Crippen molar-refractivity contribution in [3.8, 4) is 0 Å². The second-order valence-electron chi connectivity index (χ2n) is 6.18. The van der Waals surface area contributed by atoms with Gasteiger partial charge in [0.05, 0.1) is 5.51 Å². The normalized spacial score (nSPS) is 26.9. The molecule has 0 spiro atoms. The molecule has 1 aliphatic carbocycles. The average molecular weight is 299 g/mol. The number of rotatable bonds is 4. The Labute approximate surface area is 130 Å². The van der Waals surface area contributed by atoms with Crippen LogP contribution in [0.5, 0.6) is 0 Å². The van der Waals surface area contributed by atoms with E-state index in [1.54, 1.807) is 11.3 Å². The van der Waals surface area contributed by atoms with Crippen LogP contribution in [-0.2, 0) is 6.54 Å². The maximum Gasteiger partial charge on any atom is 0.0794 e. The summed E-state index contributed by atoms with van der Waals surface area (Å²) in [5.41, 5.74) is 3.36. The van der Waals surface area contributed by atoms with Gasteiger partial charge in [-0.1, -0.05) is 30.3 Å². The minimum atomic E-state index is 0.475. The van der Waals surface area contributed by atoms with Crippen molar-refractivity contribution in [3.63, 3.8) is 0 Å². The smallest absolute Gasteiger partial charge is 0.0794 e. The van der Waals surface area contributed by atoms with Crippen LogP contribution in [-0.4, -0.2) is 29.0 Å². The van der Waals surface area contributed by atoms with Crippen LogP contribution in [0.15, 0.2) is 42.0 Å². The number of benzene rings is 1. The van der Waals surface area contributed by atoms with Gasteiger partial charge in [0.25, 0.3) is 0 Å². The highest BCUT2D eigenvalue weighted by Crippen LogP contribution is 2.36. The zero-order valence-corrected chi connectivity index (χ0v) is 12.9. The minimum Gasteiger partial charge on any atom is -0.311 e. The molecule has 3 nitrogen and oxygen atoms in total. The van der Waals surface area contributed by atoms with Gasteiger partial charge in [-0.25, -0.2) is 0 Å². The first kappa shape index (κ1) is 13.4. The molecule has 1 saturated carbocycles. The van der Waals surface area contributed by atoms with E-state index in [1.165, 1.54) is 23.3 Å². The summed E-state index contributed by atoms with van der Waals surface area (Å²) < 4.78 is 0. The molecule has 0 amide bonds. The fourth-order valence-electron chi connectivity index (χ4n) is 3.35. The summed E-state index contributed by atoms with van der Waals surface area (Å²) in [5.74, 6) is 0.908. The number of aromatic nitrogens is 1. The number of hydrogen-bond acceptors (Lipinski definition) is 4. The lowest BCUT2D eigenvalue weighted by Crippen LogP contribution is -2.52. The molecule has 1 N–H and O–H groups in total. The Balaban J connectivity index is 1.55. The Hall–Kier alpha value is -1.23. The SMILES string of the molecule is c1ccc(C2CNC(C3CC3)CN2Cc2cncs2)cc1. The lowest BCUT2D eigenvalue weighted by atomic mass is 9.99. The van der Waals surface area contributed by atoms with Crippen molar-refractivity contribution < 1.29 is 0 Å². The molecule has 2 aromatic rings. The fourth-order valence-corrected chi connectivity index (χ4v) is 3.97. The van der Waals surface area contributed by atoms with Gasteiger partial charge in [-0.05, 0) is 24.3 Å². The van der Waals surface area contributed by atoms with Gasteiger partial charge in [0, 0.05) is 42.8 Å². The molecule has 1 saturated heterocycles. The van der Waals surface area contributed by atoms with Crippen molar-refractivity contribution in [2.45, 2.75) is 31.5 Å². The van der Waals surface area contributed by atoms with Gasteiger partial charge in [-0.15, -0.1) is 11.3 Å². The third-order valence-electron chi connectivity index (χ3n) is 4.66. The largest absolute Gasteiger partial charge is 0.311 e. The van der Waals surface area contributed by atoms with Crippen molar-refractivity contribution in [3.05, 3.63) is 52.5 Å². The number of piperazine rings is 1. The van der Waals surface area contributed by atoms with E-state index in [-0.39, 0.29) is 0 Å². The van der Waals surface area contributed by atoms with Crippen molar-refractivity contribution in [1.29, 1.82) is 0 Å². The van der Waals surface area contributed by atoms with Crippen LogP contribution in [0.3, 0.4) is 0 Å². The standard InChI is InChI=1S/C17H21N3S/c1-2-4-14(5-3-1)17-9-19-16(13-6-7-13)11-20(17)10-15-8-18-12-21-15/h1-5,8,12-13,16-17,19H,6-7,9-11H2. The van der Waals surface area contributed by atoms with Gasteiger partial charge in [-0.3, -0.25) is 9.88 Å². The van der Waals surface area contributed by atoms with E-state index in [9.17, 15) is 0 Å². The number of thiazole rings is 1. The van der Waals surface area contributed by atoms with Gasteiger partial charge in [0.1, 0.15) is 0 Å². The third kappa shape index (κ3) is 3.03. The van der Waals surface area contributed by atoms with E-state index in [0.29, 0.717) is 12.1 Å². The number of nitrogens with one attached hydrogen (secondary N) is 1. The highest BCUT2D eigenvalue weighted by Gasteiger charge is 2.37. The minimum absolute atomic E-state index is 0.475. The Bertz CT molecular complexity index is 565. The number of nitrogens with zero attached hydrogens (tertiary/aromatic N) is 2. The van der Waals surface area contributed by atoms with Crippen LogP contribution >= 0.6 is 11.3 Å². The van der Waals surface area contributed by atoms with Gasteiger partial charge in [-0.2, -0.15) is 0 Å². The van der Waals surface area contributed by atoms with Crippen LogP contribution in [0.25, 0.3) is 0 Å².